The molecule has 11 rings (SSSR count). The molecule has 3 heterocycles. The molecule has 0 N–H and O–H groups in total. The van der Waals surface area contributed by atoms with Crippen LogP contribution in [0.3, 0.4) is 0 Å². The molecule has 0 radical (unpaired) electrons. The number of nitrogens with zero attached hydrogens (tertiary/aromatic N) is 2. The van der Waals surface area contributed by atoms with E-state index in [0.717, 1.165) is 99.2 Å². The van der Waals surface area contributed by atoms with E-state index in [9.17, 15) is 0 Å². The molecule has 0 aliphatic carbocycles. The minimum atomic E-state index is 0.851. The third-order valence-corrected chi connectivity index (χ3v) is 10.1. The lowest BCUT2D eigenvalue weighted by atomic mass is 9.93. The first-order valence-electron chi connectivity index (χ1n) is 16.8. The molecule has 0 bridgehead atoms. The summed E-state index contributed by atoms with van der Waals surface area (Å²) in [5.74, 6) is 0. The molecule has 50 heavy (non-hydrogen) atoms. The molecule has 0 fully saturated rings. The minimum absolute atomic E-state index is 0.851. The molecule has 0 spiro atoms. The molecule has 0 aliphatic rings. The zero-order chi connectivity index (χ0) is 32.8. The van der Waals surface area contributed by atoms with E-state index in [1.807, 2.05) is 30.5 Å². The summed E-state index contributed by atoms with van der Waals surface area (Å²) in [5.41, 5.74) is 11.5. The van der Waals surface area contributed by atoms with E-state index in [1.54, 1.807) is 0 Å². The zero-order valence-corrected chi connectivity index (χ0v) is 26.7. The van der Waals surface area contributed by atoms with Crippen molar-refractivity contribution >= 4 is 76.5 Å². The number of furan rings is 2. The van der Waals surface area contributed by atoms with Crippen LogP contribution < -0.4 is 0 Å². The normalized spacial score (nSPS) is 12.0. The Labute approximate surface area is 285 Å². The zero-order valence-electron chi connectivity index (χ0n) is 26.7. The van der Waals surface area contributed by atoms with E-state index in [1.165, 1.54) is 10.8 Å². The van der Waals surface area contributed by atoms with Gasteiger partial charge in [-0.1, -0.05) is 127 Å². The van der Waals surface area contributed by atoms with Crippen LogP contribution in [0.4, 0.5) is 0 Å². The van der Waals surface area contributed by atoms with Gasteiger partial charge in [-0.25, -0.2) is 4.98 Å². The van der Waals surface area contributed by atoms with E-state index >= 15 is 0 Å². The Balaban J connectivity index is 1.05. The predicted molar refractivity (Wildman–Crippen MR) is 205 cm³/mol. The van der Waals surface area contributed by atoms with Crippen LogP contribution in [0, 0.1) is 0 Å². The first-order chi connectivity index (χ1) is 24.8. The summed E-state index contributed by atoms with van der Waals surface area (Å²) in [4.78, 5) is 10.2. The number of rotatable bonds is 3. The van der Waals surface area contributed by atoms with Gasteiger partial charge in [0, 0.05) is 43.4 Å². The lowest BCUT2D eigenvalue weighted by Crippen LogP contribution is -1.92. The van der Waals surface area contributed by atoms with Crippen LogP contribution in [0.1, 0.15) is 0 Å². The standard InChI is InChI=1S/C46H26N2O2/c1-3-15-34-31(12-1)32-13-2-4-16-35(32)45-44(34)47-26-38(48-45)28-22-20-27(21-23-28)29-10-9-11-30(24-29)42-43-36-17-6-8-19-40(36)49-41(43)25-37-33-14-5-7-18-39(33)50-46(37)42/h1-26H. The van der Waals surface area contributed by atoms with E-state index in [2.05, 4.69) is 127 Å². The molecule has 0 unspecified atom stereocenters. The average Bonchev–Trinajstić information content (AvgIpc) is 3.75. The van der Waals surface area contributed by atoms with Crippen molar-refractivity contribution < 1.29 is 8.83 Å². The molecule has 0 atom stereocenters. The maximum atomic E-state index is 6.60. The Kier molecular flexibility index (Phi) is 5.63. The molecular weight excluding hydrogens is 613 g/mol. The first-order valence-corrected chi connectivity index (χ1v) is 16.8. The molecular formula is C46H26N2O2. The summed E-state index contributed by atoms with van der Waals surface area (Å²) < 4.78 is 13.0. The molecule has 11 aromatic rings. The second-order valence-electron chi connectivity index (χ2n) is 12.9. The highest BCUT2D eigenvalue weighted by atomic mass is 16.3. The highest BCUT2D eigenvalue weighted by Gasteiger charge is 2.21. The van der Waals surface area contributed by atoms with Crippen LogP contribution in [0.5, 0.6) is 0 Å². The fourth-order valence-corrected chi connectivity index (χ4v) is 7.79. The van der Waals surface area contributed by atoms with Crippen LogP contribution in [-0.4, -0.2) is 9.97 Å². The summed E-state index contributed by atoms with van der Waals surface area (Å²) in [6.45, 7) is 0. The molecule has 0 saturated carbocycles. The second kappa shape index (κ2) is 10.4. The number of hydrogen-bond acceptors (Lipinski definition) is 4. The van der Waals surface area contributed by atoms with Gasteiger partial charge in [0.25, 0.3) is 0 Å². The number of aromatic nitrogens is 2. The van der Waals surface area contributed by atoms with Gasteiger partial charge in [0.1, 0.15) is 22.3 Å². The maximum absolute atomic E-state index is 6.60. The quantitative estimate of drug-likeness (QED) is 0.181. The highest BCUT2D eigenvalue weighted by molar-refractivity contribution is 6.24. The van der Waals surface area contributed by atoms with Crippen molar-refractivity contribution in [3.63, 3.8) is 0 Å². The van der Waals surface area contributed by atoms with Crippen LogP contribution in [0.25, 0.3) is 110 Å². The smallest absolute Gasteiger partial charge is 0.144 e. The Bertz CT molecular complexity index is 3110. The van der Waals surface area contributed by atoms with Crippen molar-refractivity contribution in [2.75, 3.05) is 0 Å². The minimum Gasteiger partial charge on any atom is -0.456 e. The predicted octanol–water partition coefficient (Wildman–Crippen LogP) is 12.7. The SMILES string of the molecule is c1cc(-c2ccc(-c3cnc4c5ccccc5c5ccccc5c4n3)cc2)cc(-c2c3oc4ccccc4c3cc3oc4ccccc4c23)c1. The number of benzene rings is 8. The monoisotopic (exact) mass is 638 g/mol. The fourth-order valence-electron chi connectivity index (χ4n) is 7.79. The highest BCUT2D eigenvalue weighted by Crippen LogP contribution is 2.45. The van der Waals surface area contributed by atoms with Crippen molar-refractivity contribution in [2.45, 2.75) is 0 Å². The van der Waals surface area contributed by atoms with Crippen molar-refractivity contribution in [3.05, 3.63) is 158 Å². The summed E-state index contributed by atoms with van der Waals surface area (Å²) in [7, 11) is 0. The van der Waals surface area contributed by atoms with Crippen molar-refractivity contribution in [1.82, 2.24) is 9.97 Å². The molecule has 0 saturated heterocycles. The third kappa shape index (κ3) is 3.93. The lowest BCUT2D eigenvalue weighted by molar-refractivity contribution is 0.664. The number of fused-ring (bicyclic) bond motifs is 12. The van der Waals surface area contributed by atoms with E-state index in [-0.39, 0.29) is 0 Å². The van der Waals surface area contributed by atoms with E-state index in [4.69, 9.17) is 18.8 Å². The molecule has 3 aromatic heterocycles. The number of para-hydroxylation sites is 2. The Hall–Kier alpha value is -6.78. The van der Waals surface area contributed by atoms with Crippen LogP contribution in [0.2, 0.25) is 0 Å². The Morgan fingerprint density at radius 1 is 0.380 bits per heavy atom. The second-order valence-corrected chi connectivity index (χ2v) is 12.9. The van der Waals surface area contributed by atoms with Gasteiger partial charge in [0.2, 0.25) is 0 Å². The third-order valence-electron chi connectivity index (χ3n) is 10.1. The van der Waals surface area contributed by atoms with Gasteiger partial charge < -0.3 is 8.83 Å². The number of hydrogen-bond donors (Lipinski definition) is 0. The van der Waals surface area contributed by atoms with Crippen LogP contribution in [-0.2, 0) is 0 Å². The summed E-state index contributed by atoms with van der Waals surface area (Å²) >= 11 is 0. The Morgan fingerprint density at radius 3 is 1.74 bits per heavy atom. The van der Waals surface area contributed by atoms with Gasteiger partial charge in [-0.15, -0.1) is 0 Å². The van der Waals surface area contributed by atoms with Gasteiger partial charge >= 0.3 is 0 Å². The molecule has 4 heteroatoms. The van der Waals surface area contributed by atoms with Crippen LogP contribution >= 0.6 is 0 Å². The van der Waals surface area contributed by atoms with E-state index in [0.29, 0.717) is 0 Å². The van der Waals surface area contributed by atoms with Crippen molar-refractivity contribution in [3.8, 4) is 33.5 Å². The molecule has 0 aliphatic heterocycles. The summed E-state index contributed by atoms with van der Waals surface area (Å²) in [6.07, 6.45) is 1.90. The van der Waals surface area contributed by atoms with Crippen LogP contribution in [0.15, 0.2) is 167 Å². The summed E-state index contributed by atoms with van der Waals surface area (Å²) in [6, 6.07) is 52.8. The first kappa shape index (κ1) is 27.2. The van der Waals surface area contributed by atoms with Gasteiger partial charge in [0.05, 0.1) is 22.9 Å². The average molecular weight is 639 g/mol. The summed E-state index contributed by atoms with van der Waals surface area (Å²) in [5, 5.41) is 8.89. The maximum Gasteiger partial charge on any atom is 0.144 e. The van der Waals surface area contributed by atoms with Gasteiger partial charge in [-0.3, -0.25) is 4.98 Å². The topological polar surface area (TPSA) is 52.1 Å². The van der Waals surface area contributed by atoms with Crippen molar-refractivity contribution in [1.29, 1.82) is 0 Å². The largest absolute Gasteiger partial charge is 0.456 e. The van der Waals surface area contributed by atoms with Crippen molar-refractivity contribution in [2.24, 2.45) is 0 Å². The molecule has 0 amide bonds. The lowest BCUT2D eigenvalue weighted by Gasteiger charge is -2.11. The van der Waals surface area contributed by atoms with Gasteiger partial charge in [-0.2, -0.15) is 0 Å². The van der Waals surface area contributed by atoms with Gasteiger partial charge in [-0.05, 0) is 51.7 Å². The molecule has 4 nitrogen and oxygen atoms in total. The molecule has 8 aromatic carbocycles. The Morgan fingerprint density at radius 2 is 0.980 bits per heavy atom. The van der Waals surface area contributed by atoms with E-state index < -0.39 is 0 Å². The van der Waals surface area contributed by atoms with Gasteiger partial charge in [0.15, 0.2) is 0 Å². The molecule has 232 valence electrons. The fraction of sp³-hybridized carbons (Fsp3) is 0.